The highest BCUT2D eigenvalue weighted by Crippen LogP contribution is 2.67. The highest BCUT2D eigenvalue weighted by molar-refractivity contribution is 5.74. The molecule has 2 nitrogen and oxygen atoms in total. The summed E-state index contributed by atoms with van der Waals surface area (Å²) in [5, 5.41) is 0. The summed E-state index contributed by atoms with van der Waals surface area (Å²) in [5.41, 5.74) is -0.139. The predicted molar refractivity (Wildman–Crippen MR) is 99.0 cm³/mol. The number of esters is 1. The fourth-order valence-corrected chi connectivity index (χ4v) is 9.87. The van der Waals surface area contributed by atoms with Crippen molar-refractivity contribution in [3.8, 4) is 0 Å². The van der Waals surface area contributed by atoms with Crippen molar-refractivity contribution in [1.29, 1.82) is 0 Å². The van der Waals surface area contributed by atoms with Crippen molar-refractivity contribution in [3.63, 3.8) is 0 Å². The molecule has 0 N–H and O–H groups in total. The maximum absolute atomic E-state index is 13.4. The molecule has 0 aromatic carbocycles. The van der Waals surface area contributed by atoms with Crippen LogP contribution in [0.1, 0.15) is 58.3 Å². The summed E-state index contributed by atoms with van der Waals surface area (Å²) < 4.78 is 6.52. The van der Waals surface area contributed by atoms with E-state index in [0.717, 1.165) is 47.8 Å². The van der Waals surface area contributed by atoms with Crippen molar-refractivity contribution < 1.29 is 9.53 Å². The Hall–Kier alpha value is -0.790. The van der Waals surface area contributed by atoms with Gasteiger partial charge in [-0.1, -0.05) is 12.2 Å². The van der Waals surface area contributed by atoms with Crippen molar-refractivity contribution in [3.05, 3.63) is 12.2 Å². The summed E-state index contributed by atoms with van der Waals surface area (Å²) in [5.74, 6) is 8.42. The number of hydrogen-bond donors (Lipinski definition) is 0. The molecule has 7 saturated carbocycles. The lowest BCUT2D eigenvalue weighted by atomic mass is 9.50. The van der Waals surface area contributed by atoms with Gasteiger partial charge in [-0.15, -0.1) is 0 Å². The van der Waals surface area contributed by atoms with Gasteiger partial charge in [-0.2, -0.15) is 0 Å². The lowest BCUT2D eigenvalue weighted by Gasteiger charge is -2.59. The van der Waals surface area contributed by atoms with Crippen molar-refractivity contribution in [2.75, 3.05) is 0 Å². The van der Waals surface area contributed by atoms with Crippen LogP contribution in [0.2, 0.25) is 0 Å². The van der Waals surface area contributed by atoms with Gasteiger partial charge in [-0.05, 0) is 117 Å². The highest BCUT2D eigenvalue weighted by atomic mass is 16.6. The molecule has 0 radical (unpaired) electrons. The fourth-order valence-electron chi connectivity index (χ4n) is 9.87. The number of carbonyl (C=O) groups is 1. The number of ether oxygens (including phenoxy) is 1. The van der Waals surface area contributed by atoms with Crippen molar-refractivity contribution >= 4 is 5.97 Å². The molecule has 0 spiro atoms. The lowest BCUT2D eigenvalue weighted by molar-refractivity contribution is -0.209. The topological polar surface area (TPSA) is 26.3 Å². The molecule has 0 amide bonds. The monoisotopic (exact) mass is 352 g/mol. The Morgan fingerprint density at radius 1 is 0.846 bits per heavy atom. The van der Waals surface area contributed by atoms with Crippen LogP contribution in [0.25, 0.3) is 0 Å². The largest absolute Gasteiger partial charge is 0.459 e. The van der Waals surface area contributed by atoms with Crippen LogP contribution in [0.4, 0.5) is 0 Å². The van der Waals surface area contributed by atoms with E-state index in [4.69, 9.17) is 4.74 Å². The second-order valence-electron chi connectivity index (χ2n) is 11.5. The Bertz CT molecular complexity index is 664. The number of fused-ring (bicyclic) bond motifs is 9. The summed E-state index contributed by atoms with van der Waals surface area (Å²) in [7, 11) is 0. The van der Waals surface area contributed by atoms with Gasteiger partial charge in [0.1, 0.15) is 5.60 Å². The predicted octanol–water partition coefficient (Wildman–Crippen LogP) is 4.84. The van der Waals surface area contributed by atoms with E-state index in [1.165, 1.54) is 44.9 Å². The van der Waals surface area contributed by atoms with Gasteiger partial charge >= 0.3 is 5.97 Å². The van der Waals surface area contributed by atoms with Crippen molar-refractivity contribution in [2.45, 2.75) is 63.9 Å². The maximum Gasteiger partial charge on any atom is 0.309 e. The van der Waals surface area contributed by atoms with Gasteiger partial charge in [0.05, 0.1) is 5.92 Å². The molecule has 0 heterocycles. The lowest BCUT2D eigenvalue weighted by Crippen LogP contribution is -2.58. The Morgan fingerprint density at radius 3 is 2.19 bits per heavy atom. The van der Waals surface area contributed by atoms with Gasteiger partial charge in [-0.3, -0.25) is 4.79 Å². The number of rotatable bonds is 2. The first-order chi connectivity index (χ1) is 12.6. The zero-order valence-corrected chi connectivity index (χ0v) is 16.0. The Morgan fingerprint density at radius 2 is 1.50 bits per heavy atom. The Labute approximate surface area is 157 Å². The smallest absolute Gasteiger partial charge is 0.309 e. The average Bonchev–Trinajstić information content (AvgIpc) is 3.37. The Balaban J connectivity index is 1.13. The molecule has 8 aliphatic rings. The van der Waals surface area contributed by atoms with Crippen LogP contribution in [0.15, 0.2) is 12.2 Å². The van der Waals surface area contributed by atoms with Crippen LogP contribution in [0.5, 0.6) is 0 Å². The molecule has 8 aliphatic carbocycles. The molecule has 140 valence electrons. The molecule has 2 heteroatoms. The molecule has 26 heavy (non-hydrogen) atoms. The minimum Gasteiger partial charge on any atom is -0.459 e. The number of carbonyl (C=O) groups excluding carboxylic acids is 1. The van der Waals surface area contributed by atoms with Crippen molar-refractivity contribution in [1.82, 2.24) is 0 Å². The van der Waals surface area contributed by atoms with Gasteiger partial charge in [0.2, 0.25) is 0 Å². The molecule has 8 rings (SSSR count). The third-order valence-corrected chi connectivity index (χ3v) is 10.7. The molecule has 7 unspecified atom stereocenters. The first-order valence-corrected chi connectivity index (χ1v) is 11.5. The summed E-state index contributed by atoms with van der Waals surface area (Å²) in [6.45, 7) is 2.31. The quantitative estimate of drug-likeness (QED) is 0.404. The van der Waals surface area contributed by atoms with E-state index in [-0.39, 0.29) is 17.5 Å². The van der Waals surface area contributed by atoms with E-state index < -0.39 is 0 Å². The minimum atomic E-state index is -0.139. The van der Waals surface area contributed by atoms with Crippen LogP contribution >= 0.6 is 0 Å². The standard InChI is InChI=1S/C24H32O2/c1-24(17-5-12-4-13(7-17)8-18(24)6-12)26-23(25)20-11-16-10-19(20)22-15-3-2-14(9-15)21(16)22/h2-3,12-22H,4-11H2,1H3. The zero-order valence-electron chi connectivity index (χ0n) is 16.0. The van der Waals surface area contributed by atoms with E-state index >= 15 is 0 Å². The van der Waals surface area contributed by atoms with E-state index in [9.17, 15) is 4.79 Å². The summed E-state index contributed by atoms with van der Waals surface area (Å²) in [6, 6.07) is 0. The first kappa shape index (κ1) is 15.2. The van der Waals surface area contributed by atoms with E-state index in [2.05, 4.69) is 19.1 Å². The SMILES string of the molecule is CC1(OC(=O)C2CC3CC2C2C4C=CC(C4)C32)C2CC3CC(C2)CC1C3. The number of hydrogen-bond acceptors (Lipinski definition) is 2. The van der Waals surface area contributed by atoms with Gasteiger partial charge < -0.3 is 4.74 Å². The number of allylic oxidation sites excluding steroid dienone is 2. The molecule has 7 fully saturated rings. The summed E-state index contributed by atoms with van der Waals surface area (Å²) in [6.07, 6.45) is 15.6. The highest BCUT2D eigenvalue weighted by Gasteiger charge is 2.64. The minimum absolute atomic E-state index is 0.139. The van der Waals surface area contributed by atoms with E-state index in [0.29, 0.717) is 17.8 Å². The van der Waals surface area contributed by atoms with Crippen LogP contribution in [0.3, 0.4) is 0 Å². The normalized spacial score (nSPS) is 62.9. The van der Waals surface area contributed by atoms with Gasteiger partial charge in [0.15, 0.2) is 0 Å². The average molecular weight is 353 g/mol. The Kier molecular flexibility index (Phi) is 2.79. The third-order valence-electron chi connectivity index (χ3n) is 10.7. The van der Waals surface area contributed by atoms with Crippen molar-refractivity contribution in [2.24, 2.45) is 65.1 Å². The molecule has 7 atom stereocenters. The molecule has 0 aromatic rings. The molecular formula is C24H32O2. The second kappa shape index (κ2) is 4.78. The first-order valence-electron chi connectivity index (χ1n) is 11.5. The third kappa shape index (κ3) is 1.74. The maximum atomic E-state index is 13.4. The summed E-state index contributed by atoms with van der Waals surface area (Å²) >= 11 is 0. The van der Waals surface area contributed by atoms with E-state index in [1.54, 1.807) is 0 Å². The van der Waals surface area contributed by atoms with Crippen LogP contribution in [-0.2, 0) is 9.53 Å². The van der Waals surface area contributed by atoms with Gasteiger partial charge in [-0.25, -0.2) is 0 Å². The molecule has 0 aliphatic heterocycles. The molecule has 0 saturated heterocycles. The van der Waals surface area contributed by atoms with Crippen LogP contribution in [-0.4, -0.2) is 11.6 Å². The molecule has 0 aromatic heterocycles. The van der Waals surface area contributed by atoms with E-state index in [1.807, 2.05) is 0 Å². The van der Waals surface area contributed by atoms with Gasteiger partial charge in [0, 0.05) is 0 Å². The molecular weight excluding hydrogens is 320 g/mol. The zero-order chi connectivity index (χ0) is 17.2. The fraction of sp³-hybridized carbons (Fsp3) is 0.875. The second-order valence-corrected chi connectivity index (χ2v) is 11.5. The summed E-state index contributed by atoms with van der Waals surface area (Å²) in [4.78, 5) is 13.4. The van der Waals surface area contributed by atoms with Crippen LogP contribution in [0, 0.1) is 65.1 Å². The van der Waals surface area contributed by atoms with Crippen LogP contribution < -0.4 is 0 Å². The molecule has 8 bridgehead atoms. The van der Waals surface area contributed by atoms with Gasteiger partial charge in [0.25, 0.3) is 0 Å².